The quantitative estimate of drug-likeness (QED) is 0.849. The number of carbonyl (C=O) groups excluding carboxylic acids is 2. The molecule has 2 amide bonds. The minimum absolute atomic E-state index is 0.0215. The lowest BCUT2D eigenvalue weighted by Crippen LogP contribution is -2.49. The van der Waals surface area contributed by atoms with E-state index >= 15 is 0 Å². The molecule has 6 nitrogen and oxygen atoms in total. The highest BCUT2D eigenvalue weighted by molar-refractivity contribution is 5.91. The number of benzene rings is 1. The van der Waals surface area contributed by atoms with Crippen LogP contribution < -0.4 is 0 Å². The van der Waals surface area contributed by atoms with Crippen LogP contribution in [-0.2, 0) is 21.5 Å². The lowest BCUT2D eigenvalue weighted by molar-refractivity contribution is -0.143. The summed E-state index contributed by atoms with van der Waals surface area (Å²) in [4.78, 5) is 32.6. The monoisotopic (exact) mass is 365 g/mol. The average Bonchev–Trinajstić information content (AvgIpc) is 3.17. The van der Waals surface area contributed by atoms with Crippen LogP contribution in [0.4, 0.5) is 4.79 Å². The van der Waals surface area contributed by atoms with Crippen molar-refractivity contribution in [1.82, 2.24) is 14.8 Å². The van der Waals surface area contributed by atoms with Crippen molar-refractivity contribution in [3.05, 3.63) is 47.3 Å². The van der Waals surface area contributed by atoms with Gasteiger partial charge in [0, 0.05) is 17.4 Å². The second kappa shape index (κ2) is 5.87. The number of urea groups is 1. The van der Waals surface area contributed by atoms with Gasteiger partial charge in [-0.15, -0.1) is 0 Å². The Morgan fingerprint density at radius 3 is 3.04 bits per heavy atom. The predicted molar refractivity (Wildman–Crippen MR) is 101 cm³/mol. The van der Waals surface area contributed by atoms with Gasteiger partial charge in [-0.05, 0) is 44.2 Å². The van der Waals surface area contributed by atoms with Crippen molar-refractivity contribution in [2.75, 3.05) is 19.7 Å². The number of allylic oxidation sites excluding steroid dienone is 1. The fourth-order valence-corrected chi connectivity index (χ4v) is 5.11. The molecule has 1 aromatic heterocycles. The third-order valence-corrected chi connectivity index (χ3v) is 6.12. The molecule has 3 heterocycles. The number of hydrogen-bond acceptors (Lipinski definition) is 3. The van der Waals surface area contributed by atoms with Gasteiger partial charge >= 0.3 is 12.0 Å². The number of aromatic nitrogens is 1. The molecule has 2 aliphatic heterocycles. The van der Waals surface area contributed by atoms with Gasteiger partial charge in [-0.25, -0.2) is 4.79 Å². The topological polar surface area (TPSA) is 65.6 Å². The molecule has 1 spiro atoms. The number of rotatable bonds is 3. The summed E-state index contributed by atoms with van der Waals surface area (Å²) in [7, 11) is 0. The lowest BCUT2D eigenvalue weighted by Gasteiger charge is -2.43. The maximum Gasteiger partial charge on any atom is 0.326 e. The maximum atomic E-state index is 13.3. The maximum absolute atomic E-state index is 13.3. The van der Waals surface area contributed by atoms with Crippen molar-refractivity contribution >= 4 is 22.9 Å². The van der Waals surface area contributed by atoms with Crippen LogP contribution in [0.5, 0.6) is 0 Å². The summed E-state index contributed by atoms with van der Waals surface area (Å²) in [6.45, 7) is 2.75. The summed E-state index contributed by atoms with van der Waals surface area (Å²) in [5.41, 5.74) is 4.01. The molecule has 0 saturated carbocycles. The van der Waals surface area contributed by atoms with E-state index in [0.717, 1.165) is 42.6 Å². The van der Waals surface area contributed by atoms with Crippen molar-refractivity contribution in [2.45, 2.75) is 38.1 Å². The van der Waals surface area contributed by atoms with E-state index in [2.05, 4.69) is 29.3 Å². The molecule has 140 valence electrons. The number of para-hydroxylation sites is 1. The first-order valence-electron chi connectivity index (χ1n) is 9.72. The first-order valence-corrected chi connectivity index (χ1v) is 9.72. The standard InChI is InChI=1S/C21H23N3O3/c1-2-27-18(25)13-23-17-9-5-6-11-21(17)19-15(10-12-24(21)20(23)26)14-7-3-4-8-16(14)22-19/h3-4,7-9,22H,2,5-6,10-13H2,1H3/t21-/m1/s1. The molecule has 0 unspecified atom stereocenters. The highest BCUT2D eigenvalue weighted by Crippen LogP contribution is 2.53. The van der Waals surface area contributed by atoms with Crippen LogP contribution in [-0.4, -0.2) is 46.5 Å². The number of ether oxygens (including phenoxy) is 1. The Hall–Kier alpha value is -2.76. The number of esters is 1. The molecule has 5 rings (SSSR count). The molecular formula is C21H23N3O3. The van der Waals surface area contributed by atoms with E-state index in [9.17, 15) is 9.59 Å². The van der Waals surface area contributed by atoms with Gasteiger partial charge in [0.15, 0.2) is 0 Å². The molecule has 1 fully saturated rings. The number of nitrogens with zero attached hydrogens (tertiary/aromatic N) is 2. The third-order valence-electron chi connectivity index (χ3n) is 6.12. The molecule has 1 aliphatic carbocycles. The van der Waals surface area contributed by atoms with Gasteiger partial charge in [0.05, 0.1) is 18.0 Å². The molecule has 6 heteroatoms. The van der Waals surface area contributed by atoms with Crippen LogP contribution in [0, 0.1) is 0 Å². The van der Waals surface area contributed by atoms with Gasteiger partial charge in [-0.2, -0.15) is 0 Å². The summed E-state index contributed by atoms with van der Waals surface area (Å²) in [5.74, 6) is -0.357. The van der Waals surface area contributed by atoms with Crippen LogP contribution in [0.3, 0.4) is 0 Å². The van der Waals surface area contributed by atoms with E-state index < -0.39 is 5.54 Å². The zero-order chi connectivity index (χ0) is 18.6. The zero-order valence-electron chi connectivity index (χ0n) is 15.5. The Kier molecular flexibility index (Phi) is 3.57. The van der Waals surface area contributed by atoms with Gasteiger partial charge < -0.3 is 14.6 Å². The Labute approximate surface area is 157 Å². The predicted octanol–water partition coefficient (Wildman–Crippen LogP) is 3.29. The highest BCUT2D eigenvalue weighted by atomic mass is 16.5. The van der Waals surface area contributed by atoms with Crippen molar-refractivity contribution < 1.29 is 14.3 Å². The Morgan fingerprint density at radius 2 is 2.19 bits per heavy atom. The smallest absolute Gasteiger partial charge is 0.326 e. The Balaban J connectivity index is 1.66. The van der Waals surface area contributed by atoms with Gasteiger partial charge in [0.25, 0.3) is 0 Å². The van der Waals surface area contributed by atoms with Crippen LogP contribution in [0.25, 0.3) is 10.9 Å². The van der Waals surface area contributed by atoms with Crippen molar-refractivity contribution in [1.29, 1.82) is 0 Å². The first-order chi connectivity index (χ1) is 13.2. The SMILES string of the molecule is CCOC(=O)CN1C(=O)N2CCc3c([nH]c4ccccc34)[C@]23CCCC=C13. The largest absolute Gasteiger partial charge is 0.465 e. The fourth-order valence-electron chi connectivity index (χ4n) is 5.11. The summed E-state index contributed by atoms with van der Waals surface area (Å²) < 4.78 is 5.11. The normalized spacial score (nSPS) is 23.7. The number of carbonyl (C=O) groups is 2. The molecule has 1 aromatic carbocycles. The van der Waals surface area contributed by atoms with E-state index in [0.29, 0.717) is 13.2 Å². The van der Waals surface area contributed by atoms with Crippen LogP contribution >= 0.6 is 0 Å². The zero-order valence-corrected chi connectivity index (χ0v) is 15.5. The number of hydrogen-bond donors (Lipinski definition) is 1. The van der Waals surface area contributed by atoms with Crippen LogP contribution in [0.2, 0.25) is 0 Å². The molecule has 2 aromatic rings. The summed E-state index contributed by atoms with van der Waals surface area (Å²) in [6.07, 6.45) is 5.79. The van der Waals surface area contributed by atoms with E-state index in [1.54, 1.807) is 11.8 Å². The Bertz CT molecular complexity index is 976. The molecular weight excluding hydrogens is 342 g/mol. The summed E-state index contributed by atoms with van der Waals surface area (Å²) in [5, 5.41) is 1.24. The minimum Gasteiger partial charge on any atom is -0.465 e. The van der Waals surface area contributed by atoms with Gasteiger partial charge in [0.1, 0.15) is 12.1 Å². The second-order valence-electron chi connectivity index (χ2n) is 7.44. The second-order valence-corrected chi connectivity index (χ2v) is 7.44. The molecule has 1 saturated heterocycles. The fraction of sp³-hybridized carbons (Fsp3) is 0.429. The first kappa shape index (κ1) is 16.4. The molecule has 1 atom stereocenters. The molecule has 3 aliphatic rings. The minimum atomic E-state index is -0.478. The number of nitrogens with one attached hydrogen (secondary N) is 1. The van der Waals surface area contributed by atoms with Gasteiger partial charge in [-0.1, -0.05) is 24.3 Å². The summed E-state index contributed by atoms with van der Waals surface area (Å²) in [6, 6.07) is 8.25. The van der Waals surface area contributed by atoms with E-state index in [4.69, 9.17) is 4.74 Å². The van der Waals surface area contributed by atoms with Crippen LogP contribution in [0.1, 0.15) is 37.4 Å². The number of aromatic amines is 1. The average molecular weight is 365 g/mol. The number of amides is 2. The van der Waals surface area contributed by atoms with Crippen molar-refractivity contribution in [3.63, 3.8) is 0 Å². The van der Waals surface area contributed by atoms with Crippen molar-refractivity contribution in [3.8, 4) is 0 Å². The molecule has 27 heavy (non-hydrogen) atoms. The van der Waals surface area contributed by atoms with Crippen molar-refractivity contribution in [2.24, 2.45) is 0 Å². The van der Waals surface area contributed by atoms with E-state index in [1.807, 2.05) is 11.0 Å². The Morgan fingerprint density at radius 1 is 1.33 bits per heavy atom. The highest BCUT2D eigenvalue weighted by Gasteiger charge is 2.58. The van der Waals surface area contributed by atoms with E-state index in [-0.39, 0.29) is 18.5 Å². The molecule has 1 N–H and O–H groups in total. The van der Waals surface area contributed by atoms with E-state index in [1.165, 1.54) is 10.9 Å². The van der Waals surface area contributed by atoms with Gasteiger partial charge in [-0.3, -0.25) is 9.69 Å². The van der Waals surface area contributed by atoms with Crippen LogP contribution in [0.15, 0.2) is 36.0 Å². The molecule has 0 radical (unpaired) electrons. The summed E-state index contributed by atoms with van der Waals surface area (Å²) >= 11 is 0. The number of H-pyrrole nitrogens is 1. The lowest BCUT2D eigenvalue weighted by atomic mass is 9.76. The number of fused-ring (bicyclic) bond motifs is 3. The molecule has 0 bridgehead atoms. The van der Waals surface area contributed by atoms with Gasteiger partial charge in [0.2, 0.25) is 0 Å². The third kappa shape index (κ3) is 2.13.